The molecule has 0 saturated heterocycles. The second-order valence-electron chi connectivity index (χ2n) is 9.35. The van der Waals surface area contributed by atoms with Gasteiger partial charge in [0.1, 0.15) is 12.4 Å². The molecule has 0 bridgehead atoms. The minimum Gasteiger partial charge on any atom is -0.496 e. The van der Waals surface area contributed by atoms with Crippen LogP contribution in [-0.2, 0) is 29.4 Å². The van der Waals surface area contributed by atoms with Crippen molar-refractivity contribution in [1.82, 2.24) is 0 Å². The summed E-state index contributed by atoms with van der Waals surface area (Å²) in [5.74, 6) is -4.48. The van der Waals surface area contributed by atoms with E-state index in [1.54, 1.807) is 62.4 Å². The first-order valence-electron chi connectivity index (χ1n) is 12.3. The molecule has 0 atom stereocenters. The highest BCUT2D eigenvalue weighted by molar-refractivity contribution is 6.00. The third kappa shape index (κ3) is 7.21. The lowest BCUT2D eigenvalue weighted by Crippen LogP contribution is -2.41. The van der Waals surface area contributed by atoms with Crippen molar-refractivity contribution in [3.63, 3.8) is 0 Å². The Labute approximate surface area is 234 Å². The van der Waals surface area contributed by atoms with E-state index in [9.17, 15) is 32.7 Å². The Morgan fingerprint density at radius 2 is 1.56 bits per heavy atom. The average molecular weight is 575 g/mol. The van der Waals surface area contributed by atoms with E-state index in [4.69, 9.17) is 15.2 Å². The zero-order chi connectivity index (χ0) is 30.4. The summed E-state index contributed by atoms with van der Waals surface area (Å²) in [6.07, 6.45) is -5.38. The lowest BCUT2D eigenvalue weighted by Gasteiger charge is -2.25. The highest BCUT2D eigenvalue weighted by atomic mass is 19.4. The van der Waals surface area contributed by atoms with Crippen molar-refractivity contribution < 1.29 is 47.0 Å². The van der Waals surface area contributed by atoms with Crippen molar-refractivity contribution in [2.24, 2.45) is 5.73 Å². The van der Waals surface area contributed by atoms with Crippen LogP contribution in [0.5, 0.6) is 5.75 Å². The molecular formula is C29H29F3N2O7. The summed E-state index contributed by atoms with van der Waals surface area (Å²) in [6.45, 7) is 2.48. The Morgan fingerprint density at radius 1 is 0.927 bits per heavy atom. The van der Waals surface area contributed by atoms with E-state index in [1.165, 1.54) is 25.3 Å². The Bertz CT molecular complexity index is 1410. The second kappa shape index (κ2) is 12.8. The van der Waals surface area contributed by atoms with Gasteiger partial charge in [-0.15, -0.1) is 5.06 Å². The molecule has 0 fully saturated rings. The third-order valence-electron chi connectivity index (χ3n) is 6.19. The minimum absolute atomic E-state index is 0.0533. The van der Waals surface area contributed by atoms with Gasteiger partial charge in [0, 0.05) is 6.54 Å². The number of carbonyl (C=O) groups excluding carboxylic acids is 2. The fourth-order valence-electron chi connectivity index (χ4n) is 3.88. The summed E-state index contributed by atoms with van der Waals surface area (Å²) < 4.78 is 49.9. The highest BCUT2D eigenvalue weighted by Crippen LogP contribution is 2.41. The SMILES string of the molecule is COc1cccc(N(OC(=O)C(F)(F)F)C(=O)COCCN)c1-c1cccc(-c2ccc(C(C)(C)C(=O)O)cc2)c1. The van der Waals surface area contributed by atoms with Gasteiger partial charge in [-0.1, -0.05) is 48.5 Å². The number of benzene rings is 3. The van der Waals surface area contributed by atoms with Crippen molar-refractivity contribution in [2.45, 2.75) is 25.4 Å². The van der Waals surface area contributed by atoms with Crippen molar-refractivity contribution in [3.8, 4) is 28.0 Å². The number of amides is 1. The van der Waals surface area contributed by atoms with E-state index in [0.717, 1.165) is 5.56 Å². The molecular weight excluding hydrogens is 545 g/mol. The summed E-state index contributed by atoms with van der Waals surface area (Å²) in [5, 5.41) is 9.75. The normalized spacial score (nSPS) is 11.6. The van der Waals surface area contributed by atoms with E-state index >= 15 is 0 Å². The second-order valence-corrected chi connectivity index (χ2v) is 9.35. The van der Waals surface area contributed by atoms with Gasteiger partial charge in [-0.25, -0.2) is 4.79 Å². The molecule has 1 amide bonds. The molecule has 3 N–H and O–H groups in total. The highest BCUT2D eigenvalue weighted by Gasteiger charge is 2.44. The number of anilines is 1. The molecule has 0 radical (unpaired) electrons. The van der Waals surface area contributed by atoms with Crippen LogP contribution < -0.4 is 15.5 Å². The summed E-state index contributed by atoms with van der Waals surface area (Å²) in [7, 11) is 1.34. The number of hydrogen-bond acceptors (Lipinski definition) is 7. The van der Waals surface area contributed by atoms with Gasteiger partial charge >= 0.3 is 18.1 Å². The molecule has 3 aromatic rings. The number of hydroxylamine groups is 1. The van der Waals surface area contributed by atoms with Gasteiger partial charge in [0.25, 0.3) is 5.91 Å². The van der Waals surface area contributed by atoms with Crippen molar-refractivity contribution in [1.29, 1.82) is 0 Å². The van der Waals surface area contributed by atoms with Crippen LogP contribution in [0.15, 0.2) is 66.7 Å². The number of carboxylic acids is 1. The van der Waals surface area contributed by atoms with Gasteiger partial charge in [-0.3, -0.25) is 9.59 Å². The van der Waals surface area contributed by atoms with Gasteiger partial charge < -0.3 is 25.2 Å². The fraction of sp³-hybridized carbons (Fsp3) is 0.276. The quantitative estimate of drug-likeness (QED) is 0.263. The van der Waals surface area contributed by atoms with Crippen LogP contribution in [0.25, 0.3) is 22.3 Å². The molecule has 0 aliphatic heterocycles. The van der Waals surface area contributed by atoms with E-state index in [2.05, 4.69) is 4.84 Å². The standard InChI is InChI=1S/C29H29F3N2O7/c1-28(2,26(36)37)21-12-10-18(11-13-21)19-6-4-7-20(16-19)25-22(8-5-9-23(25)39-3)34(24(35)17-40-15-14-33)41-27(38)29(30,31)32/h4-13,16H,14-15,17,33H2,1-3H3,(H,36,37). The summed E-state index contributed by atoms with van der Waals surface area (Å²) in [4.78, 5) is 40.9. The maximum absolute atomic E-state index is 13.1. The molecule has 41 heavy (non-hydrogen) atoms. The molecule has 3 aromatic carbocycles. The molecule has 3 rings (SSSR count). The first-order valence-corrected chi connectivity index (χ1v) is 12.3. The van der Waals surface area contributed by atoms with E-state index in [-0.39, 0.29) is 35.2 Å². The number of carboxylic acid groups (broad SMARTS) is 1. The number of rotatable bonds is 10. The zero-order valence-electron chi connectivity index (χ0n) is 22.5. The van der Waals surface area contributed by atoms with Gasteiger partial charge in [-0.2, -0.15) is 13.2 Å². The zero-order valence-corrected chi connectivity index (χ0v) is 22.5. The van der Waals surface area contributed by atoms with Crippen LogP contribution in [0.2, 0.25) is 0 Å². The number of aliphatic carboxylic acids is 1. The Kier molecular flexibility index (Phi) is 9.74. The van der Waals surface area contributed by atoms with Crippen molar-refractivity contribution in [2.75, 3.05) is 31.9 Å². The van der Waals surface area contributed by atoms with Crippen LogP contribution in [0.1, 0.15) is 19.4 Å². The number of hydrogen-bond donors (Lipinski definition) is 2. The Hall–Kier alpha value is -4.42. The molecule has 0 saturated carbocycles. The van der Waals surface area contributed by atoms with Crippen LogP contribution in [-0.4, -0.2) is 56.0 Å². The van der Waals surface area contributed by atoms with Crippen molar-refractivity contribution >= 4 is 23.5 Å². The molecule has 0 spiro atoms. The number of ether oxygens (including phenoxy) is 2. The van der Waals surface area contributed by atoms with Crippen LogP contribution in [0.3, 0.4) is 0 Å². The first-order chi connectivity index (χ1) is 19.3. The largest absolute Gasteiger partial charge is 0.496 e. The molecule has 0 aliphatic rings. The fourth-order valence-corrected chi connectivity index (χ4v) is 3.88. The maximum atomic E-state index is 13.1. The van der Waals surface area contributed by atoms with E-state index < -0.39 is 36.0 Å². The predicted molar refractivity (Wildman–Crippen MR) is 144 cm³/mol. The van der Waals surface area contributed by atoms with Gasteiger partial charge in [0.05, 0.1) is 30.4 Å². The van der Waals surface area contributed by atoms with Gasteiger partial charge in [-0.05, 0) is 54.3 Å². The topological polar surface area (TPSA) is 128 Å². The average Bonchev–Trinajstić information content (AvgIpc) is 2.94. The van der Waals surface area contributed by atoms with E-state index in [1.807, 2.05) is 0 Å². The van der Waals surface area contributed by atoms with Gasteiger partial charge in [0.15, 0.2) is 0 Å². The van der Waals surface area contributed by atoms with E-state index in [0.29, 0.717) is 16.7 Å². The number of nitrogens with two attached hydrogens (primary N) is 1. The lowest BCUT2D eigenvalue weighted by molar-refractivity contribution is -0.202. The number of alkyl halides is 3. The molecule has 0 unspecified atom stereocenters. The molecule has 0 aliphatic carbocycles. The molecule has 0 aromatic heterocycles. The molecule has 9 nitrogen and oxygen atoms in total. The number of halogens is 3. The Morgan fingerprint density at radius 3 is 2.15 bits per heavy atom. The summed E-state index contributed by atoms with van der Waals surface area (Å²) in [6, 6.07) is 18.0. The third-order valence-corrected chi connectivity index (χ3v) is 6.19. The van der Waals surface area contributed by atoms with Crippen LogP contribution in [0, 0.1) is 0 Å². The predicted octanol–water partition coefficient (Wildman–Crippen LogP) is 4.72. The first kappa shape index (κ1) is 31.1. The Balaban J connectivity index is 2.11. The van der Waals surface area contributed by atoms with Gasteiger partial charge in [0.2, 0.25) is 0 Å². The number of carbonyl (C=O) groups is 3. The smallest absolute Gasteiger partial charge is 0.493 e. The minimum atomic E-state index is -5.38. The van der Waals surface area contributed by atoms with Crippen molar-refractivity contribution in [3.05, 3.63) is 72.3 Å². The van der Waals surface area contributed by atoms with Crippen LogP contribution >= 0.6 is 0 Å². The lowest BCUT2D eigenvalue weighted by atomic mass is 9.84. The summed E-state index contributed by atoms with van der Waals surface area (Å²) >= 11 is 0. The molecule has 0 heterocycles. The number of nitrogens with zero attached hydrogens (tertiary/aromatic N) is 1. The van der Waals surface area contributed by atoms with Crippen LogP contribution in [0.4, 0.5) is 18.9 Å². The molecule has 218 valence electrons. The monoisotopic (exact) mass is 574 g/mol. The molecule has 12 heteroatoms. The summed E-state index contributed by atoms with van der Waals surface area (Å²) in [5.41, 5.74) is 6.64. The number of methoxy groups -OCH3 is 1. The maximum Gasteiger partial charge on any atom is 0.493 e.